The molecule has 1 unspecified atom stereocenters. The third kappa shape index (κ3) is 3.96. The monoisotopic (exact) mass is 268 g/mol. The molecule has 1 rings (SSSR count). The van der Waals surface area contributed by atoms with Gasteiger partial charge in [0.25, 0.3) is 0 Å². The SMILES string of the molecule is C=CCS(=O)(=O)C(C)C(=O)NCc1cccnc1. The van der Waals surface area contributed by atoms with E-state index in [2.05, 4.69) is 16.9 Å². The summed E-state index contributed by atoms with van der Waals surface area (Å²) >= 11 is 0. The van der Waals surface area contributed by atoms with Gasteiger partial charge in [0.05, 0.1) is 5.75 Å². The van der Waals surface area contributed by atoms with Crippen molar-refractivity contribution in [1.29, 1.82) is 0 Å². The first kappa shape index (κ1) is 14.4. The van der Waals surface area contributed by atoms with Crippen molar-refractivity contribution in [3.05, 3.63) is 42.7 Å². The molecular weight excluding hydrogens is 252 g/mol. The van der Waals surface area contributed by atoms with Crippen LogP contribution >= 0.6 is 0 Å². The molecule has 1 atom stereocenters. The average molecular weight is 268 g/mol. The first-order valence-electron chi connectivity index (χ1n) is 5.46. The van der Waals surface area contributed by atoms with Crippen molar-refractivity contribution in [3.63, 3.8) is 0 Å². The van der Waals surface area contributed by atoms with Gasteiger partial charge in [-0.2, -0.15) is 0 Å². The molecule has 1 aromatic rings. The first-order valence-corrected chi connectivity index (χ1v) is 7.18. The summed E-state index contributed by atoms with van der Waals surface area (Å²) in [5, 5.41) is 1.49. The van der Waals surface area contributed by atoms with Crippen LogP contribution in [-0.2, 0) is 21.2 Å². The van der Waals surface area contributed by atoms with E-state index in [1.165, 1.54) is 13.0 Å². The number of aromatic nitrogens is 1. The van der Waals surface area contributed by atoms with E-state index >= 15 is 0 Å². The Kier molecular flexibility index (Phi) is 5.03. The van der Waals surface area contributed by atoms with Crippen LogP contribution < -0.4 is 5.32 Å². The summed E-state index contributed by atoms with van der Waals surface area (Å²) in [4.78, 5) is 15.6. The molecule has 0 aliphatic carbocycles. The standard InChI is InChI=1S/C12H16N2O3S/c1-3-7-18(16,17)10(2)12(15)14-9-11-5-4-6-13-8-11/h3-6,8,10H,1,7,9H2,2H3,(H,14,15). The second kappa shape index (κ2) is 6.30. The summed E-state index contributed by atoms with van der Waals surface area (Å²) in [6.07, 6.45) is 4.52. The van der Waals surface area contributed by atoms with E-state index in [0.29, 0.717) is 0 Å². The summed E-state index contributed by atoms with van der Waals surface area (Å²) in [6, 6.07) is 3.55. The van der Waals surface area contributed by atoms with Crippen molar-refractivity contribution in [2.75, 3.05) is 5.75 Å². The molecule has 0 aliphatic rings. The number of carbonyl (C=O) groups excluding carboxylic acids is 1. The molecule has 1 heterocycles. The van der Waals surface area contributed by atoms with Crippen molar-refractivity contribution in [3.8, 4) is 0 Å². The molecule has 0 saturated heterocycles. The number of nitrogens with one attached hydrogen (secondary N) is 1. The van der Waals surface area contributed by atoms with Crippen molar-refractivity contribution in [1.82, 2.24) is 10.3 Å². The summed E-state index contributed by atoms with van der Waals surface area (Å²) < 4.78 is 23.3. The van der Waals surface area contributed by atoms with Crippen LogP contribution in [-0.4, -0.2) is 30.3 Å². The molecule has 0 aromatic carbocycles. The number of sulfone groups is 1. The topological polar surface area (TPSA) is 76.1 Å². The Morgan fingerprint density at radius 1 is 1.61 bits per heavy atom. The number of carbonyl (C=O) groups is 1. The molecule has 0 bridgehead atoms. The van der Waals surface area contributed by atoms with Crippen LogP contribution in [0.1, 0.15) is 12.5 Å². The molecule has 0 saturated carbocycles. The Bertz CT molecular complexity index is 511. The van der Waals surface area contributed by atoms with Gasteiger partial charge >= 0.3 is 0 Å². The maximum absolute atomic E-state index is 11.7. The van der Waals surface area contributed by atoms with Crippen molar-refractivity contribution >= 4 is 15.7 Å². The average Bonchev–Trinajstić information content (AvgIpc) is 2.36. The fourth-order valence-corrected chi connectivity index (χ4v) is 2.33. The second-order valence-electron chi connectivity index (χ2n) is 3.84. The normalized spacial score (nSPS) is 12.7. The molecule has 5 nitrogen and oxygen atoms in total. The Labute approximate surface area is 107 Å². The lowest BCUT2D eigenvalue weighted by Crippen LogP contribution is -2.38. The fourth-order valence-electron chi connectivity index (χ4n) is 1.31. The maximum atomic E-state index is 11.7. The highest BCUT2D eigenvalue weighted by molar-refractivity contribution is 7.92. The van der Waals surface area contributed by atoms with E-state index in [4.69, 9.17) is 0 Å². The fraction of sp³-hybridized carbons (Fsp3) is 0.333. The van der Waals surface area contributed by atoms with Gasteiger partial charge in [-0.05, 0) is 18.6 Å². The first-order chi connectivity index (χ1) is 8.47. The van der Waals surface area contributed by atoms with E-state index in [-0.39, 0.29) is 12.3 Å². The molecule has 1 aromatic heterocycles. The van der Waals surface area contributed by atoms with Crippen LogP contribution in [0.3, 0.4) is 0 Å². The molecule has 1 N–H and O–H groups in total. The third-order valence-corrected chi connectivity index (χ3v) is 4.44. The van der Waals surface area contributed by atoms with Gasteiger partial charge in [-0.1, -0.05) is 12.1 Å². The molecule has 98 valence electrons. The highest BCUT2D eigenvalue weighted by Crippen LogP contribution is 2.03. The van der Waals surface area contributed by atoms with E-state index in [1.54, 1.807) is 24.5 Å². The van der Waals surface area contributed by atoms with Crippen molar-refractivity contribution < 1.29 is 13.2 Å². The maximum Gasteiger partial charge on any atom is 0.238 e. The highest BCUT2D eigenvalue weighted by Gasteiger charge is 2.26. The smallest absolute Gasteiger partial charge is 0.238 e. The number of hydrogen-bond donors (Lipinski definition) is 1. The summed E-state index contributed by atoms with van der Waals surface area (Å²) in [7, 11) is -3.46. The van der Waals surface area contributed by atoms with Crippen molar-refractivity contribution in [2.45, 2.75) is 18.7 Å². The van der Waals surface area contributed by atoms with Gasteiger partial charge in [-0.3, -0.25) is 9.78 Å². The number of pyridine rings is 1. The Balaban J connectivity index is 2.59. The number of amides is 1. The molecular formula is C12H16N2O3S. The van der Waals surface area contributed by atoms with E-state index in [9.17, 15) is 13.2 Å². The van der Waals surface area contributed by atoms with Gasteiger partial charge in [-0.15, -0.1) is 6.58 Å². The van der Waals surface area contributed by atoms with Gasteiger partial charge in [0.15, 0.2) is 9.84 Å². The van der Waals surface area contributed by atoms with Crippen LogP contribution in [0.2, 0.25) is 0 Å². The number of nitrogens with zero attached hydrogens (tertiary/aromatic N) is 1. The van der Waals surface area contributed by atoms with Gasteiger partial charge < -0.3 is 5.32 Å². The molecule has 1 amide bonds. The minimum atomic E-state index is -3.46. The molecule has 0 fully saturated rings. The highest BCUT2D eigenvalue weighted by atomic mass is 32.2. The minimum Gasteiger partial charge on any atom is -0.351 e. The van der Waals surface area contributed by atoms with Crippen LogP contribution in [0, 0.1) is 0 Å². The lowest BCUT2D eigenvalue weighted by atomic mass is 10.3. The van der Waals surface area contributed by atoms with Gasteiger partial charge in [-0.25, -0.2) is 8.42 Å². The van der Waals surface area contributed by atoms with Crippen LogP contribution in [0.5, 0.6) is 0 Å². The van der Waals surface area contributed by atoms with Gasteiger partial charge in [0, 0.05) is 18.9 Å². The molecule has 6 heteroatoms. The quantitative estimate of drug-likeness (QED) is 0.770. The largest absolute Gasteiger partial charge is 0.351 e. The number of hydrogen-bond acceptors (Lipinski definition) is 4. The zero-order valence-electron chi connectivity index (χ0n) is 10.2. The minimum absolute atomic E-state index is 0.200. The zero-order valence-corrected chi connectivity index (χ0v) is 11.0. The summed E-state index contributed by atoms with van der Waals surface area (Å²) in [5.74, 6) is -0.713. The molecule has 18 heavy (non-hydrogen) atoms. The van der Waals surface area contributed by atoms with E-state index in [0.717, 1.165) is 5.56 Å². The lowest BCUT2D eigenvalue weighted by Gasteiger charge is -2.11. The van der Waals surface area contributed by atoms with Crippen LogP contribution in [0.15, 0.2) is 37.2 Å². The molecule has 0 aliphatic heterocycles. The lowest BCUT2D eigenvalue weighted by molar-refractivity contribution is -0.120. The second-order valence-corrected chi connectivity index (χ2v) is 6.21. The van der Waals surface area contributed by atoms with E-state index < -0.39 is 21.0 Å². The Morgan fingerprint density at radius 3 is 2.89 bits per heavy atom. The summed E-state index contributed by atoms with van der Waals surface area (Å²) in [5.41, 5.74) is 0.819. The Hall–Kier alpha value is -1.69. The predicted octanol–water partition coefficient (Wildman–Crippen LogP) is 0.687. The summed E-state index contributed by atoms with van der Waals surface area (Å²) in [6.45, 7) is 5.00. The molecule has 0 spiro atoms. The predicted molar refractivity (Wildman–Crippen MR) is 69.5 cm³/mol. The van der Waals surface area contributed by atoms with Crippen LogP contribution in [0.25, 0.3) is 0 Å². The van der Waals surface area contributed by atoms with Gasteiger partial charge in [0.1, 0.15) is 5.25 Å². The third-order valence-electron chi connectivity index (χ3n) is 2.45. The molecule has 0 radical (unpaired) electrons. The Morgan fingerprint density at radius 2 is 2.33 bits per heavy atom. The van der Waals surface area contributed by atoms with Crippen molar-refractivity contribution in [2.24, 2.45) is 0 Å². The van der Waals surface area contributed by atoms with Gasteiger partial charge in [0.2, 0.25) is 5.91 Å². The zero-order chi connectivity index (χ0) is 13.6. The number of rotatable bonds is 6. The van der Waals surface area contributed by atoms with E-state index in [1.807, 2.05) is 0 Å². The van der Waals surface area contributed by atoms with Crippen LogP contribution in [0.4, 0.5) is 0 Å².